The summed E-state index contributed by atoms with van der Waals surface area (Å²) in [6.45, 7) is 11.6. The molecule has 0 atom stereocenters. The van der Waals surface area contributed by atoms with Crippen LogP contribution in [0.15, 0.2) is 24.3 Å². The summed E-state index contributed by atoms with van der Waals surface area (Å²) in [6, 6.07) is 7.58. The molecular weight excluding hydrogens is 371 g/mol. The Morgan fingerprint density at radius 2 is 1.88 bits per heavy atom. The number of benzene rings is 1. The van der Waals surface area contributed by atoms with Crippen LogP contribution in [0.1, 0.15) is 25.1 Å². The van der Waals surface area contributed by atoms with Crippen LogP contribution in [0.4, 0.5) is 0 Å². The maximum absolute atomic E-state index is 6.61. The van der Waals surface area contributed by atoms with Gasteiger partial charge in [0.25, 0.3) is 0 Å². The summed E-state index contributed by atoms with van der Waals surface area (Å²) in [4.78, 5) is 2.46. The average Bonchev–Trinajstić information content (AvgIpc) is 2.91. The van der Waals surface area contributed by atoms with E-state index in [0.29, 0.717) is 16.7 Å². The first-order valence-electron chi connectivity index (χ1n) is 8.92. The highest BCUT2D eigenvalue weighted by Crippen LogP contribution is 2.27. The fourth-order valence-electron chi connectivity index (χ4n) is 3.29. The number of hydrogen-bond donors (Lipinski definition) is 1. The fourth-order valence-corrected chi connectivity index (χ4v) is 3.84. The molecule has 0 saturated carbocycles. The maximum Gasteiger partial charge on any atom is 0.137 e. The highest BCUT2D eigenvalue weighted by atomic mass is 35.5. The number of nitrogens with one attached hydrogen (secondary N) is 1. The van der Waals surface area contributed by atoms with Crippen LogP contribution in [0.25, 0.3) is 5.69 Å². The van der Waals surface area contributed by atoms with Gasteiger partial charge in [-0.3, -0.25) is 4.90 Å². The number of para-hydroxylation sites is 1. The van der Waals surface area contributed by atoms with Crippen molar-refractivity contribution in [1.29, 1.82) is 0 Å². The van der Waals surface area contributed by atoms with E-state index < -0.39 is 0 Å². The Morgan fingerprint density at radius 3 is 2.58 bits per heavy atom. The summed E-state index contributed by atoms with van der Waals surface area (Å²) in [5.74, 6) is 0. The molecule has 2 aromatic rings. The van der Waals surface area contributed by atoms with Gasteiger partial charge in [-0.1, -0.05) is 35.3 Å². The molecule has 1 aliphatic rings. The molecule has 0 radical (unpaired) electrons. The predicted molar refractivity (Wildman–Crippen MR) is 106 cm³/mol. The maximum atomic E-state index is 6.61. The lowest BCUT2D eigenvalue weighted by atomic mass is 10.0. The topological polar surface area (TPSA) is 42.3 Å². The van der Waals surface area contributed by atoms with E-state index in [9.17, 15) is 0 Å². The van der Waals surface area contributed by atoms with Crippen LogP contribution in [-0.2, 0) is 11.3 Å². The van der Waals surface area contributed by atoms with E-state index in [1.54, 1.807) is 4.68 Å². The first-order valence-corrected chi connectivity index (χ1v) is 9.68. The van der Waals surface area contributed by atoms with Crippen molar-refractivity contribution in [3.05, 3.63) is 45.7 Å². The van der Waals surface area contributed by atoms with Crippen LogP contribution in [0.2, 0.25) is 10.2 Å². The third-order valence-corrected chi connectivity index (χ3v) is 5.64. The summed E-state index contributed by atoms with van der Waals surface area (Å²) in [6.07, 6.45) is 0. The minimum Gasteiger partial charge on any atom is -0.379 e. The van der Waals surface area contributed by atoms with Crippen molar-refractivity contribution in [3.8, 4) is 5.69 Å². The van der Waals surface area contributed by atoms with Crippen LogP contribution in [0.3, 0.4) is 0 Å². The van der Waals surface area contributed by atoms with Gasteiger partial charge in [0.1, 0.15) is 5.15 Å². The van der Waals surface area contributed by atoms with Crippen LogP contribution in [-0.4, -0.2) is 53.1 Å². The molecule has 1 saturated heterocycles. The van der Waals surface area contributed by atoms with Gasteiger partial charge in [-0.2, -0.15) is 5.10 Å². The lowest BCUT2D eigenvalue weighted by Crippen LogP contribution is -2.54. The zero-order valence-electron chi connectivity index (χ0n) is 15.6. The number of halogens is 2. The number of ether oxygens (including phenoxy) is 1. The monoisotopic (exact) mass is 396 g/mol. The Morgan fingerprint density at radius 1 is 1.19 bits per heavy atom. The molecule has 0 unspecified atom stereocenters. The fraction of sp³-hybridized carbons (Fsp3) is 0.526. The number of hydrogen-bond acceptors (Lipinski definition) is 4. The lowest BCUT2D eigenvalue weighted by molar-refractivity contribution is -0.00967. The van der Waals surface area contributed by atoms with Crippen molar-refractivity contribution < 1.29 is 4.74 Å². The van der Waals surface area contributed by atoms with Crippen molar-refractivity contribution in [2.75, 3.05) is 32.8 Å². The second kappa shape index (κ2) is 8.28. The van der Waals surface area contributed by atoms with Gasteiger partial charge >= 0.3 is 0 Å². The molecule has 7 heteroatoms. The molecule has 0 amide bonds. The van der Waals surface area contributed by atoms with Crippen molar-refractivity contribution in [2.24, 2.45) is 0 Å². The highest BCUT2D eigenvalue weighted by molar-refractivity contribution is 6.33. The number of morpholine rings is 1. The van der Waals surface area contributed by atoms with E-state index in [2.05, 4.69) is 29.2 Å². The van der Waals surface area contributed by atoms with Gasteiger partial charge in [0.15, 0.2) is 0 Å². The standard InChI is InChI=1S/C19H26Cl2N4O/c1-14-15(12-22-13-19(2,3)24-8-10-26-11-9-24)18(21)25(23-14)17-7-5-4-6-16(17)20/h4-7,22H,8-13H2,1-3H3. The Hall–Kier alpha value is -1.11. The summed E-state index contributed by atoms with van der Waals surface area (Å²) < 4.78 is 7.16. The molecule has 2 heterocycles. The van der Waals surface area contributed by atoms with E-state index in [4.69, 9.17) is 27.9 Å². The predicted octanol–water partition coefficient (Wildman–Crippen LogP) is 3.69. The van der Waals surface area contributed by atoms with Crippen LogP contribution < -0.4 is 5.32 Å². The normalized spacial score (nSPS) is 16.2. The van der Waals surface area contributed by atoms with Gasteiger partial charge in [0.2, 0.25) is 0 Å². The Kier molecular flexibility index (Phi) is 6.25. The number of rotatable bonds is 6. The van der Waals surface area contributed by atoms with E-state index >= 15 is 0 Å². The summed E-state index contributed by atoms with van der Waals surface area (Å²) in [5.41, 5.74) is 2.77. The van der Waals surface area contributed by atoms with E-state index in [0.717, 1.165) is 49.8 Å². The van der Waals surface area contributed by atoms with Crippen molar-refractivity contribution in [2.45, 2.75) is 32.9 Å². The van der Waals surface area contributed by atoms with Crippen LogP contribution in [0, 0.1) is 6.92 Å². The van der Waals surface area contributed by atoms with E-state index in [-0.39, 0.29) is 5.54 Å². The third kappa shape index (κ3) is 4.24. The van der Waals surface area contributed by atoms with Gasteiger partial charge in [0, 0.05) is 37.3 Å². The second-order valence-corrected chi connectivity index (χ2v) is 8.00. The molecule has 5 nitrogen and oxygen atoms in total. The van der Waals surface area contributed by atoms with Gasteiger partial charge < -0.3 is 10.1 Å². The van der Waals surface area contributed by atoms with Crippen LogP contribution >= 0.6 is 23.2 Å². The Bertz CT molecular complexity index is 754. The van der Waals surface area contributed by atoms with Crippen LogP contribution in [0.5, 0.6) is 0 Å². The molecule has 0 bridgehead atoms. The molecule has 1 N–H and O–H groups in total. The molecule has 1 aromatic carbocycles. The molecule has 0 spiro atoms. The summed E-state index contributed by atoms with van der Waals surface area (Å²) >= 11 is 12.9. The minimum atomic E-state index is 0.0584. The average molecular weight is 397 g/mol. The molecule has 1 fully saturated rings. The zero-order valence-corrected chi connectivity index (χ0v) is 17.1. The second-order valence-electron chi connectivity index (χ2n) is 7.23. The zero-order chi connectivity index (χ0) is 18.7. The van der Waals surface area contributed by atoms with Gasteiger partial charge in [-0.15, -0.1) is 0 Å². The molecular formula is C19H26Cl2N4O. The summed E-state index contributed by atoms with van der Waals surface area (Å²) in [7, 11) is 0. The lowest BCUT2D eigenvalue weighted by Gasteiger charge is -2.41. The van der Waals surface area contributed by atoms with E-state index in [1.807, 2.05) is 31.2 Å². The Labute approximate surface area is 165 Å². The number of aromatic nitrogens is 2. The molecule has 3 rings (SSSR count). The molecule has 1 aromatic heterocycles. The molecule has 1 aliphatic heterocycles. The third-order valence-electron chi connectivity index (χ3n) is 4.93. The van der Waals surface area contributed by atoms with Gasteiger partial charge in [0.05, 0.1) is 29.6 Å². The molecule has 26 heavy (non-hydrogen) atoms. The number of nitrogens with zero attached hydrogens (tertiary/aromatic N) is 3. The van der Waals surface area contributed by atoms with Gasteiger partial charge in [-0.25, -0.2) is 4.68 Å². The summed E-state index contributed by atoms with van der Waals surface area (Å²) in [5, 5.41) is 9.36. The largest absolute Gasteiger partial charge is 0.379 e. The quantitative estimate of drug-likeness (QED) is 0.808. The first-order chi connectivity index (χ1) is 12.4. The molecule has 142 valence electrons. The first kappa shape index (κ1) is 19.6. The highest BCUT2D eigenvalue weighted by Gasteiger charge is 2.28. The van der Waals surface area contributed by atoms with E-state index in [1.165, 1.54) is 0 Å². The number of aryl methyl sites for hydroxylation is 1. The van der Waals surface area contributed by atoms with Gasteiger partial charge in [-0.05, 0) is 32.9 Å². The molecule has 0 aliphatic carbocycles. The van der Waals surface area contributed by atoms with Crippen molar-refractivity contribution in [3.63, 3.8) is 0 Å². The minimum absolute atomic E-state index is 0.0584. The SMILES string of the molecule is Cc1nn(-c2ccccc2Cl)c(Cl)c1CNCC(C)(C)N1CCOCC1. The Balaban J connectivity index is 1.68. The van der Waals surface area contributed by atoms with Crippen molar-refractivity contribution in [1.82, 2.24) is 20.0 Å². The van der Waals surface area contributed by atoms with Crippen molar-refractivity contribution >= 4 is 23.2 Å². The smallest absolute Gasteiger partial charge is 0.137 e.